The summed E-state index contributed by atoms with van der Waals surface area (Å²) in [5, 5.41) is 0. The van der Waals surface area contributed by atoms with Crippen molar-refractivity contribution in [1.82, 2.24) is 0 Å². The van der Waals surface area contributed by atoms with E-state index in [1.54, 1.807) is 21.3 Å². The van der Waals surface area contributed by atoms with E-state index in [2.05, 4.69) is 6.92 Å². The number of hydrogen-bond donors (Lipinski definition) is 0. The molecule has 1 aliphatic heterocycles. The van der Waals surface area contributed by atoms with Crippen LogP contribution in [0.15, 0.2) is 0 Å². The van der Waals surface area contributed by atoms with Gasteiger partial charge in [0.15, 0.2) is 0 Å². The van der Waals surface area contributed by atoms with Gasteiger partial charge in [0, 0.05) is 27.4 Å². The predicted octanol–water partition coefficient (Wildman–Crippen LogP) is 6.11. The first-order chi connectivity index (χ1) is 12.7. The van der Waals surface area contributed by atoms with Gasteiger partial charge in [0.2, 0.25) is 0 Å². The standard InChI is InChI=1S/C21H44O4Si/c1-5-6-7-8-11-14-17-20-21(25-20)18-15-12-9-10-13-16-19-26(22-2,23-3)24-4/h20-21H,5-19H2,1-4H3. The zero-order valence-electron chi connectivity index (χ0n) is 17.9. The highest BCUT2D eigenvalue weighted by atomic mass is 28.4. The molecule has 0 aliphatic carbocycles. The number of unbranched alkanes of at least 4 members (excludes halogenated alkanes) is 10. The van der Waals surface area contributed by atoms with Gasteiger partial charge >= 0.3 is 8.80 Å². The molecule has 1 fully saturated rings. The van der Waals surface area contributed by atoms with Gasteiger partial charge < -0.3 is 18.0 Å². The molecule has 156 valence electrons. The largest absolute Gasteiger partial charge is 0.500 e. The van der Waals surface area contributed by atoms with Crippen LogP contribution in [0.25, 0.3) is 0 Å². The van der Waals surface area contributed by atoms with Crippen molar-refractivity contribution in [2.75, 3.05) is 21.3 Å². The Kier molecular flexibility index (Phi) is 13.9. The Bertz CT molecular complexity index is 315. The zero-order chi connectivity index (χ0) is 19.1. The lowest BCUT2D eigenvalue weighted by molar-refractivity contribution is 0.122. The van der Waals surface area contributed by atoms with Gasteiger partial charge in [-0.1, -0.05) is 77.6 Å². The summed E-state index contributed by atoms with van der Waals surface area (Å²) in [6.45, 7) is 2.28. The van der Waals surface area contributed by atoms with Gasteiger partial charge in [-0.25, -0.2) is 0 Å². The third kappa shape index (κ3) is 10.4. The molecule has 0 N–H and O–H groups in total. The van der Waals surface area contributed by atoms with Crippen molar-refractivity contribution in [2.24, 2.45) is 0 Å². The van der Waals surface area contributed by atoms with Crippen molar-refractivity contribution >= 4 is 8.80 Å². The predicted molar refractivity (Wildman–Crippen MR) is 111 cm³/mol. The molecule has 1 rings (SSSR count). The second-order valence-electron chi connectivity index (χ2n) is 7.72. The third-order valence-electron chi connectivity index (χ3n) is 5.68. The van der Waals surface area contributed by atoms with Crippen LogP contribution in [0.2, 0.25) is 6.04 Å². The second kappa shape index (κ2) is 15.0. The van der Waals surface area contributed by atoms with E-state index in [0.29, 0.717) is 12.2 Å². The first-order valence-electron chi connectivity index (χ1n) is 11.0. The lowest BCUT2D eigenvalue weighted by Gasteiger charge is -2.24. The molecular formula is C21H44O4Si. The summed E-state index contributed by atoms with van der Waals surface area (Å²) in [7, 11) is 2.74. The lowest BCUT2D eigenvalue weighted by atomic mass is 10.0. The van der Waals surface area contributed by atoms with E-state index in [1.165, 1.54) is 83.5 Å². The minimum absolute atomic E-state index is 0.586. The molecule has 4 nitrogen and oxygen atoms in total. The summed E-state index contributed by atoms with van der Waals surface area (Å²) in [6, 6.07) is 0.923. The van der Waals surface area contributed by atoms with Crippen molar-refractivity contribution in [1.29, 1.82) is 0 Å². The van der Waals surface area contributed by atoms with Crippen molar-refractivity contribution in [3.63, 3.8) is 0 Å². The SMILES string of the molecule is CCCCCCCCC1OC1CCCCCCCC[Si](OC)(OC)OC. The van der Waals surface area contributed by atoms with Crippen LogP contribution < -0.4 is 0 Å². The van der Waals surface area contributed by atoms with Crippen molar-refractivity contribution in [2.45, 2.75) is 115 Å². The highest BCUT2D eigenvalue weighted by Gasteiger charge is 2.37. The van der Waals surface area contributed by atoms with E-state index in [9.17, 15) is 0 Å². The van der Waals surface area contributed by atoms with E-state index in [1.807, 2.05) is 0 Å². The molecule has 0 aromatic heterocycles. The molecule has 0 amide bonds. The van der Waals surface area contributed by atoms with Crippen LogP contribution in [0.4, 0.5) is 0 Å². The normalized spacial score (nSPS) is 19.8. The maximum absolute atomic E-state index is 5.83. The van der Waals surface area contributed by atoms with E-state index in [0.717, 1.165) is 12.5 Å². The van der Waals surface area contributed by atoms with Crippen LogP contribution in [0, 0.1) is 0 Å². The average Bonchev–Trinajstić information content (AvgIpc) is 3.42. The van der Waals surface area contributed by atoms with Crippen LogP contribution in [-0.4, -0.2) is 42.3 Å². The number of hydrogen-bond acceptors (Lipinski definition) is 4. The van der Waals surface area contributed by atoms with E-state index >= 15 is 0 Å². The molecular weight excluding hydrogens is 344 g/mol. The van der Waals surface area contributed by atoms with Crippen molar-refractivity contribution in [3.8, 4) is 0 Å². The minimum atomic E-state index is -2.34. The van der Waals surface area contributed by atoms with Crippen LogP contribution in [0.3, 0.4) is 0 Å². The molecule has 0 bridgehead atoms. The van der Waals surface area contributed by atoms with Gasteiger partial charge in [-0.2, -0.15) is 0 Å². The smallest absolute Gasteiger partial charge is 0.377 e. The quantitative estimate of drug-likeness (QED) is 0.152. The molecule has 0 saturated carbocycles. The van der Waals surface area contributed by atoms with Gasteiger partial charge in [-0.05, 0) is 19.3 Å². The Hall–Kier alpha value is 0.0569. The molecule has 1 heterocycles. The summed E-state index contributed by atoms with van der Waals surface area (Å²) >= 11 is 0. The summed E-state index contributed by atoms with van der Waals surface area (Å²) < 4.78 is 22.2. The molecule has 5 heteroatoms. The van der Waals surface area contributed by atoms with E-state index < -0.39 is 8.80 Å². The number of epoxide rings is 1. The Labute approximate surface area is 163 Å². The van der Waals surface area contributed by atoms with E-state index in [4.69, 9.17) is 18.0 Å². The molecule has 0 aromatic carbocycles. The van der Waals surface area contributed by atoms with Gasteiger partial charge in [0.1, 0.15) is 0 Å². The van der Waals surface area contributed by atoms with Gasteiger partial charge in [0.25, 0.3) is 0 Å². The van der Waals surface area contributed by atoms with Crippen LogP contribution >= 0.6 is 0 Å². The molecule has 0 aromatic rings. The Morgan fingerprint density at radius 2 is 1.04 bits per heavy atom. The highest BCUT2D eigenvalue weighted by molar-refractivity contribution is 6.60. The number of ether oxygens (including phenoxy) is 1. The molecule has 0 spiro atoms. The lowest BCUT2D eigenvalue weighted by Crippen LogP contribution is -2.42. The summed E-state index contributed by atoms with van der Waals surface area (Å²) in [5.74, 6) is 0. The van der Waals surface area contributed by atoms with Crippen molar-refractivity contribution < 1.29 is 18.0 Å². The maximum atomic E-state index is 5.83. The Morgan fingerprint density at radius 1 is 0.615 bits per heavy atom. The minimum Gasteiger partial charge on any atom is -0.377 e. The maximum Gasteiger partial charge on any atom is 0.500 e. The molecule has 0 radical (unpaired) electrons. The fraction of sp³-hybridized carbons (Fsp3) is 1.00. The van der Waals surface area contributed by atoms with Crippen LogP contribution in [0.5, 0.6) is 0 Å². The third-order valence-corrected chi connectivity index (χ3v) is 8.52. The monoisotopic (exact) mass is 388 g/mol. The van der Waals surface area contributed by atoms with Crippen LogP contribution in [-0.2, 0) is 18.0 Å². The topological polar surface area (TPSA) is 40.2 Å². The Balaban J connectivity index is 1.84. The summed E-state index contributed by atoms with van der Waals surface area (Å²) in [4.78, 5) is 0. The zero-order valence-corrected chi connectivity index (χ0v) is 18.9. The number of rotatable bonds is 19. The summed E-state index contributed by atoms with van der Waals surface area (Å²) in [5.41, 5.74) is 0. The van der Waals surface area contributed by atoms with Gasteiger partial charge in [0.05, 0.1) is 12.2 Å². The summed E-state index contributed by atoms with van der Waals surface area (Å²) in [6.07, 6.45) is 19.7. The highest BCUT2D eigenvalue weighted by Crippen LogP contribution is 2.32. The Morgan fingerprint density at radius 3 is 1.50 bits per heavy atom. The second-order valence-corrected chi connectivity index (χ2v) is 10.8. The fourth-order valence-electron chi connectivity index (χ4n) is 3.76. The molecule has 26 heavy (non-hydrogen) atoms. The van der Waals surface area contributed by atoms with Gasteiger partial charge in [-0.15, -0.1) is 0 Å². The molecule has 1 aliphatic rings. The van der Waals surface area contributed by atoms with Gasteiger partial charge in [-0.3, -0.25) is 0 Å². The molecule has 2 atom stereocenters. The average molecular weight is 389 g/mol. The fourth-order valence-corrected chi connectivity index (χ4v) is 5.56. The first-order valence-corrected chi connectivity index (χ1v) is 13.0. The van der Waals surface area contributed by atoms with E-state index in [-0.39, 0.29) is 0 Å². The van der Waals surface area contributed by atoms with Crippen molar-refractivity contribution in [3.05, 3.63) is 0 Å². The first kappa shape index (κ1) is 24.1. The molecule has 1 saturated heterocycles. The molecule has 2 unspecified atom stereocenters. The van der Waals surface area contributed by atoms with Crippen LogP contribution in [0.1, 0.15) is 96.8 Å².